The van der Waals surface area contributed by atoms with Gasteiger partial charge < -0.3 is 0 Å². The van der Waals surface area contributed by atoms with Crippen molar-refractivity contribution >= 4 is 27.4 Å². The summed E-state index contributed by atoms with van der Waals surface area (Å²) in [5.74, 6) is 0.603. The van der Waals surface area contributed by atoms with Crippen LogP contribution in [0.15, 0.2) is 36.4 Å². The van der Waals surface area contributed by atoms with Crippen molar-refractivity contribution in [1.29, 1.82) is 0 Å². The zero-order chi connectivity index (χ0) is 15.5. The van der Waals surface area contributed by atoms with E-state index < -0.39 is 10.0 Å². The zero-order valence-corrected chi connectivity index (χ0v) is 13.5. The molecule has 1 aromatic carbocycles. The van der Waals surface area contributed by atoms with Gasteiger partial charge in [0.2, 0.25) is 10.0 Å². The molecule has 0 amide bonds. The van der Waals surface area contributed by atoms with Crippen molar-refractivity contribution in [2.24, 2.45) is 5.92 Å². The number of para-hydroxylation sites is 1. The molecule has 0 saturated heterocycles. The molecule has 21 heavy (non-hydrogen) atoms. The number of aryl methyl sites for hydroxylation is 1. The standard InChI is InChI=1S/C14H18ClN3O2S/c1-11(9-15)10-21(19,20)17-14-8-12(2)16-18(14)13-6-4-3-5-7-13/h3-8,11,17H,9-10H2,1-2H3. The Morgan fingerprint density at radius 3 is 2.62 bits per heavy atom. The molecule has 0 aliphatic heterocycles. The maximum absolute atomic E-state index is 12.2. The van der Waals surface area contributed by atoms with Gasteiger partial charge in [-0.15, -0.1) is 11.6 Å². The molecule has 0 bridgehead atoms. The van der Waals surface area contributed by atoms with Crippen molar-refractivity contribution < 1.29 is 8.42 Å². The van der Waals surface area contributed by atoms with Crippen LogP contribution in [0.1, 0.15) is 12.6 Å². The normalized spacial score (nSPS) is 13.1. The van der Waals surface area contributed by atoms with Crippen LogP contribution >= 0.6 is 11.6 Å². The first-order chi connectivity index (χ1) is 9.91. The van der Waals surface area contributed by atoms with Gasteiger partial charge in [0, 0.05) is 11.9 Å². The van der Waals surface area contributed by atoms with Crippen molar-refractivity contribution in [2.45, 2.75) is 13.8 Å². The Bertz CT molecular complexity index is 698. The first kappa shape index (κ1) is 15.9. The van der Waals surface area contributed by atoms with E-state index in [1.807, 2.05) is 37.3 Å². The number of hydrogen-bond acceptors (Lipinski definition) is 3. The number of benzene rings is 1. The third kappa shape index (κ3) is 4.22. The Labute approximate surface area is 130 Å². The summed E-state index contributed by atoms with van der Waals surface area (Å²) < 4.78 is 28.5. The smallest absolute Gasteiger partial charge is 0.234 e. The summed E-state index contributed by atoms with van der Waals surface area (Å²) in [7, 11) is -3.46. The number of anilines is 1. The lowest BCUT2D eigenvalue weighted by Crippen LogP contribution is -2.23. The van der Waals surface area contributed by atoms with Crippen LogP contribution in [0.2, 0.25) is 0 Å². The lowest BCUT2D eigenvalue weighted by molar-refractivity contribution is 0.588. The molecule has 0 saturated carbocycles. The van der Waals surface area contributed by atoms with Crippen LogP contribution in [-0.2, 0) is 10.0 Å². The molecule has 0 aliphatic rings. The molecule has 1 N–H and O–H groups in total. The summed E-state index contributed by atoms with van der Waals surface area (Å²) in [6.45, 7) is 3.62. The number of alkyl halides is 1. The highest BCUT2D eigenvalue weighted by atomic mass is 35.5. The second-order valence-corrected chi connectivity index (χ2v) is 7.14. The van der Waals surface area contributed by atoms with Crippen molar-refractivity contribution in [2.75, 3.05) is 16.4 Å². The topological polar surface area (TPSA) is 64.0 Å². The molecule has 2 rings (SSSR count). The highest BCUT2D eigenvalue weighted by molar-refractivity contribution is 7.92. The predicted octanol–water partition coefficient (Wildman–Crippen LogP) is 2.80. The highest BCUT2D eigenvalue weighted by Gasteiger charge is 2.18. The first-order valence-corrected chi connectivity index (χ1v) is 8.78. The van der Waals surface area contributed by atoms with Crippen LogP contribution in [-0.4, -0.2) is 29.8 Å². The largest absolute Gasteiger partial charge is 0.267 e. The molecule has 1 atom stereocenters. The van der Waals surface area contributed by atoms with E-state index in [4.69, 9.17) is 11.6 Å². The van der Waals surface area contributed by atoms with Crippen molar-refractivity contribution in [1.82, 2.24) is 9.78 Å². The summed E-state index contributed by atoms with van der Waals surface area (Å²) in [5.41, 5.74) is 1.54. The van der Waals surface area contributed by atoms with Crippen LogP contribution in [0, 0.1) is 12.8 Å². The molecule has 114 valence electrons. The molecule has 1 aromatic heterocycles. The number of nitrogens with one attached hydrogen (secondary N) is 1. The van der Waals surface area contributed by atoms with E-state index in [0.717, 1.165) is 11.4 Å². The Morgan fingerprint density at radius 1 is 1.33 bits per heavy atom. The molecular formula is C14H18ClN3O2S. The van der Waals surface area contributed by atoms with Gasteiger partial charge in [0.05, 0.1) is 17.1 Å². The predicted molar refractivity (Wildman–Crippen MR) is 85.6 cm³/mol. The maximum atomic E-state index is 12.2. The number of rotatable bonds is 6. The van der Waals surface area contributed by atoms with Crippen molar-refractivity contribution in [3.8, 4) is 5.69 Å². The fourth-order valence-corrected chi connectivity index (χ4v) is 3.61. The minimum atomic E-state index is -3.46. The molecule has 0 spiro atoms. The molecule has 2 aromatic rings. The van der Waals surface area contributed by atoms with Crippen LogP contribution in [0.4, 0.5) is 5.82 Å². The fraction of sp³-hybridized carbons (Fsp3) is 0.357. The average Bonchev–Trinajstić information content (AvgIpc) is 2.79. The number of nitrogens with zero attached hydrogens (tertiary/aromatic N) is 2. The maximum Gasteiger partial charge on any atom is 0.234 e. The number of aromatic nitrogens is 2. The number of sulfonamides is 1. The van der Waals surface area contributed by atoms with Gasteiger partial charge in [0.15, 0.2) is 0 Å². The van der Waals surface area contributed by atoms with Gasteiger partial charge in [0.25, 0.3) is 0 Å². The third-order valence-corrected chi connectivity index (χ3v) is 4.91. The lowest BCUT2D eigenvalue weighted by Gasteiger charge is -2.12. The van der Waals surface area contributed by atoms with E-state index in [1.54, 1.807) is 17.7 Å². The van der Waals surface area contributed by atoms with E-state index in [0.29, 0.717) is 11.7 Å². The van der Waals surface area contributed by atoms with Gasteiger partial charge in [-0.1, -0.05) is 25.1 Å². The Hall–Kier alpha value is -1.53. The van der Waals surface area contributed by atoms with Crippen LogP contribution < -0.4 is 4.72 Å². The highest BCUT2D eigenvalue weighted by Crippen LogP contribution is 2.18. The van der Waals surface area contributed by atoms with E-state index in [-0.39, 0.29) is 11.7 Å². The molecule has 5 nitrogen and oxygen atoms in total. The van der Waals surface area contributed by atoms with E-state index >= 15 is 0 Å². The first-order valence-electron chi connectivity index (χ1n) is 6.60. The van der Waals surface area contributed by atoms with Gasteiger partial charge >= 0.3 is 0 Å². The Morgan fingerprint density at radius 2 is 2.00 bits per heavy atom. The number of halogens is 1. The van der Waals surface area contributed by atoms with Gasteiger partial charge in [-0.25, -0.2) is 13.1 Å². The van der Waals surface area contributed by atoms with E-state index in [2.05, 4.69) is 9.82 Å². The van der Waals surface area contributed by atoms with Gasteiger partial charge in [-0.3, -0.25) is 4.72 Å². The summed E-state index contributed by atoms with van der Waals surface area (Å²) in [6.07, 6.45) is 0. The second kappa shape index (κ2) is 6.49. The second-order valence-electron chi connectivity index (χ2n) is 5.06. The van der Waals surface area contributed by atoms with E-state index in [9.17, 15) is 8.42 Å². The van der Waals surface area contributed by atoms with Gasteiger partial charge in [-0.05, 0) is 25.0 Å². The van der Waals surface area contributed by atoms with Crippen LogP contribution in [0.25, 0.3) is 5.69 Å². The zero-order valence-electron chi connectivity index (χ0n) is 12.0. The quantitative estimate of drug-likeness (QED) is 0.830. The van der Waals surface area contributed by atoms with E-state index in [1.165, 1.54) is 0 Å². The monoisotopic (exact) mass is 327 g/mol. The van der Waals surface area contributed by atoms with Crippen molar-refractivity contribution in [3.05, 3.63) is 42.1 Å². The minimum absolute atomic E-state index is 0.0183. The molecule has 0 radical (unpaired) electrons. The molecule has 1 heterocycles. The molecule has 0 aliphatic carbocycles. The molecule has 0 fully saturated rings. The Kier molecular flexibility index (Phi) is 4.90. The van der Waals surface area contributed by atoms with Crippen molar-refractivity contribution in [3.63, 3.8) is 0 Å². The van der Waals surface area contributed by atoms with Gasteiger partial charge in [-0.2, -0.15) is 5.10 Å². The van der Waals surface area contributed by atoms with Crippen LogP contribution in [0.5, 0.6) is 0 Å². The summed E-state index contributed by atoms with van der Waals surface area (Å²) >= 11 is 5.68. The fourth-order valence-electron chi connectivity index (χ4n) is 1.96. The SMILES string of the molecule is Cc1cc(NS(=O)(=O)CC(C)CCl)n(-c2ccccc2)n1. The third-order valence-electron chi connectivity index (χ3n) is 2.86. The summed E-state index contributed by atoms with van der Waals surface area (Å²) in [6, 6.07) is 11.1. The molecule has 1 unspecified atom stereocenters. The lowest BCUT2D eigenvalue weighted by atomic mass is 10.3. The summed E-state index contributed by atoms with van der Waals surface area (Å²) in [4.78, 5) is 0. The molecule has 7 heteroatoms. The minimum Gasteiger partial charge on any atom is -0.267 e. The van der Waals surface area contributed by atoms with Crippen LogP contribution in [0.3, 0.4) is 0 Å². The number of hydrogen-bond donors (Lipinski definition) is 1. The van der Waals surface area contributed by atoms with Gasteiger partial charge in [0.1, 0.15) is 5.82 Å². The average molecular weight is 328 g/mol. The molecular weight excluding hydrogens is 310 g/mol. The summed E-state index contributed by atoms with van der Waals surface area (Å²) in [5, 5.41) is 4.33. The Balaban J connectivity index is 2.29.